The fraction of sp³-hybridized carbons (Fsp3) is 0.917. The average molecular weight is 243 g/mol. The number of morpholine rings is 1. The molecule has 17 heavy (non-hydrogen) atoms. The minimum atomic E-state index is -0.105. The van der Waals surface area contributed by atoms with Crippen molar-refractivity contribution in [3.63, 3.8) is 0 Å². The molecule has 0 aromatic rings. The van der Waals surface area contributed by atoms with Gasteiger partial charge in [0, 0.05) is 26.2 Å². The summed E-state index contributed by atoms with van der Waals surface area (Å²) >= 11 is 0. The van der Waals surface area contributed by atoms with Gasteiger partial charge in [0.15, 0.2) is 0 Å². The summed E-state index contributed by atoms with van der Waals surface area (Å²) in [6.45, 7) is 5.54. The van der Waals surface area contributed by atoms with Crippen LogP contribution in [0.4, 0.5) is 0 Å². The highest BCUT2D eigenvalue weighted by Gasteiger charge is 2.33. The SMILES string of the molecule is COC(=O)C(CN1CCOCC1)C1CCOC1. The fourth-order valence-electron chi connectivity index (χ4n) is 2.50. The van der Waals surface area contributed by atoms with Gasteiger partial charge in [-0.1, -0.05) is 0 Å². The van der Waals surface area contributed by atoms with E-state index in [4.69, 9.17) is 14.2 Å². The number of rotatable bonds is 4. The predicted octanol–water partition coefficient (Wildman–Crippen LogP) is 0.144. The largest absolute Gasteiger partial charge is 0.469 e. The molecule has 0 aromatic heterocycles. The Labute approximate surface area is 102 Å². The number of hydrogen-bond donors (Lipinski definition) is 0. The summed E-state index contributed by atoms with van der Waals surface area (Å²) in [6, 6.07) is 0. The van der Waals surface area contributed by atoms with Crippen LogP contribution in [0.2, 0.25) is 0 Å². The number of ether oxygens (including phenoxy) is 3. The van der Waals surface area contributed by atoms with Gasteiger partial charge >= 0.3 is 5.97 Å². The molecule has 2 atom stereocenters. The van der Waals surface area contributed by atoms with E-state index in [1.807, 2.05) is 0 Å². The van der Waals surface area contributed by atoms with Crippen LogP contribution in [-0.4, -0.2) is 64.0 Å². The van der Waals surface area contributed by atoms with Crippen molar-refractivity contribution < 1.29 is 19.0 Å². The van der Waals surface area contributed by atoms with E-state index < -0.39 is 0 Å². The third kappa shape index (κ3) is 3.40. The van der Waals surface area contributed by atoms with Crippen LogP contribution in [0.25, 0.3) is 0 Å². The monoisotopic (exact) mass is 243 g/mol. The normalized spacial score (nSPS) is 27.9. The molecular formula is C12H21NO4. The molecule has 2 fully saturated rings. The fourth-order valence-corrected chi connectivity index (χ4v) is 2.50. The first kappa shape index (κ1) is 12.8. The van der Waals surface area contributed by atoms with Crippen molar-refractivity contribution in [3.05, 3.63) is 0 Å². The van der Waals surface area contributed by atoms with Crippen molar-refractivity contribution >= 4 is 5.97 Å². The van der Waals surface area contributed by atoms with Gasteiger partial charge < -0.3 is 14.2 Å². The van der Waals surface area contributed by atoms with E-state index in [0.717, 1.165) is 45.9 Å². The molecule has 0 N–H and O–H groups in total. The molecule has 2 aliphatic rings. The molecule has 5 nitrogen and oxygen atoms in total. The highest BCUT2D eigenvalue weighted by Crippen LogP contribution is 2.24. The van der Waals surface area contributed by atoms with E-state index in [2.05, 4.69) is 4.90 Å². The molecule has 0 saturated carbocycles. The Balaban J connectivity index is 1.91. The minimum absolute atomic E-state index is 0.0550. The number of carbonyl (C=O) groups is 1. The van der Waals surface area contributed by atoms with Crippen LogP contribution in [-0.2, 0) is 19.0 Å². The van der Waals surface area contributed by atoms with Gasteiger partial charge in [0.1, 0.15) is 0 Å². The molecule has 2 rings (SSSR count). The van der Waals surface area contributed by atoms with Gasteiger partial charge in [0.05, 0.1) is 32.8 Å². The minimum Gasteiger partial charge on any atom is -0.469 e. The van der Waals surface area contributed by atoms with E-state index in [9.17, 15) is 4.79 Å². The van der Waals surface area contributed by atoms with Gasteiger partial charge in [-0.15, -0.1) is 0 Å². The molecule has 5 heteroatoms. The van der Waals surface area contributed by atoms with E-state index in [-0.39, 0.29) is 11.9 Å². The summed E-state index contributed by atoms with van der Waals surface area (Å²) in [7, 11) is 1.46. The Morgan fingerprint density at radius 1 is 1.35 bits per heavy atom. The number of hydrogen-bond acceptors (Lipinski definition) is 5. The number of nitrogens with zero attached hydrogens (tertiary/aromatic N) is 1. The Hall–Kier alpha value is -0.650. The van der Waals surface area contributed by atoms with Gasteiger partial charge in [-0.25, -0.2) is 0 Å². The summed E-state index contributed by atoms with van der Waals surface area (Å²) in [5.41, 5.74) is 0. The van der Waals surface area contributed by atoms with Crippen molar-refractivity contribution in [2.75, 3.05) is 53.2 Å². The molecule has 0 aliphatic carbocycles. The first-order valence-electron chi connectivity index (χ1n) is 6.27. The summed E-state index contributed by atoms with van der Waals surface area (Å²) in [4.78, 5) is 14.1. The van der Waals surface area contributed by atoms with E-state index >= 15 is 0 Å². The van der Waals surface area contributed by atoms with E-state index in [1.54, 1.807) is 0 Å². The molecule has 0 aromatic carbocycles. The number of carbonyl (C=O) groups excluding carboxylic acids is 1. The van der Waals surface area contributed by atoms with Crippen molar-refractivity contribution in [2.45, 2.75) is 6.42 Å². The van der Waals surface area contributed by atoms with Crippen molar-refractivity contribution in [2.24, 2.45) is 11.8 Å². The second-order valence-corrected chi connectivity index (χ2v) is 4.67. The summed E-state index contributed by atoms with van der Waals surface area (Å²) < 4.78 is 15.6. The van der Waals surface area contributed by atoms with Gasteiger partial charge in [-0.2, -0.15) is 0 Å². The van der Waals surface area contributed by atoms with Crippen LogP contribution in [0.1, 0.15) is 6.42 Å². The Morgan fingerprint density at radius 3 is 2.71 bits per heavy atom. The topological polar surface area (TPSA) is 48.0 Å². The lowest BCUT2D eigenvalue weighted by atomic mass is 9.91. The highest BCUT2D eigenvalue weighted by atomic mass is 16.5. The second-order valence-electron chi connectivity index (χ2n) is 4.67. The standard InChI is InChI=1S/C12H21NO4/c1-15-12(14)11(10-2-5-17-9-10)8-13-3-6-16-7-4-13/h10-11H,2-9H2,1H3. The lowest BCUT2D eigenvalue weighted by Gasteiger charge is -2.31. The van der Waals surface area contributed by atoms with Crippen LogP contribution >= 0.6 is 0 Å². The average Bonchev–Trinajstić information content (AvgIpc) is 2.90. The van der Waals surface area contributed by atoms with Crippen molar-refractivity contribution in [3.8, 4) is 0 Å². The molecule has 0 spiro atoms. The van der Waals surface area contributed by atoms with Crippen LogP contribution in [0.5, 0.6) is 0 Å². The van der Waals surface area contributed by atoms with Crippen LogP contribution in [0.3, 0.4) is 0 Å². The number of methoxy groups -OCH3 is 1. The van der Waals surface area contributed by atoms with Crippen molar-refractivity contribution in [1.29, 1.82) is 0 Å². The number of esters is 1. The lowest BCUT2D eigenvalue weighted by molar-refractivity contribution is -0.148. The first-order chi connectivity index (χ1) is 8.31. The van der Waals surface area contributed by atoms with Gasteiger partial charge in [0.25, 0.3) is 0 Å². The third-order valence-electron chi connectivity index (χ3n) is 3.60. The maximum atomic E-state index is 11.8. The van der Waals surface area contributed by atoms with Crippen molar-refractivity contribution in [1.82, 2.24) is 4.90 Å². The summed E-state index contributed by atoms with van der Waals surface area (Å²) in [6.07, 6.45) is 0.962. The molecule has 0 bridgehead atoms. The van der Waals surface area contributed by atoms with E-state index in [0.29, 0.717) is 12.5 Å². The highest BCUT2D eigenvalue weighted by molar-refractivity contribution is 5.73. The zero-order valence-electron chi connectivity index (χ0n) is 10.4. The van der Waals surface area contributed by atoms with Crippen LogP contribution in [0.15, 0.2) is 0 Å². The summed E-state index contributed by atoms with van der Waals surface area (Å²) in [5.74, 6) is 0.151. The van der Waals surface area contributed by atoms with Gasteiger partial charge in [0.2, 0.25) is 0 Å². The molecule has 2 saturated heterocycles. The Kier molecular flexibility index (Phi) is 4.76. The van der Waals surface area contributed by atoms with E-state index in [1.165, 1.54) is 7.11 Å². The molecule has 2 heterocycles. The molecule has 0 radical (unpaired) electrons. The Morgan fingerprint density at radius 2 is 2.12 bits per heavy atom. The molecule has 2 unspecified atom stereocenters. The smallest absolute Gasteiger partial charge is 0.310 e. The van der Waals surface area contributed by atoms with Crippen LogP contribution in [0, 0.1) is 11.8 Å². The van der Waals surface area contributed by atoms with Gasteiger partial charge in [-0.3, -0.25) is 9.69 Å². The first-order valence-corrected chi connectivity index (χ1v) is 6.27. The zero-order valence-corrected chi connectivity index (χ0v) is 10.4. The molecule has 0 amide bonds. The maximum absolute atomic E-state index is 11.8. The summed E-state index contributed by atoms with van der Waals surface area (Å²) in [5, 5.41) is 0. The molecular weight excluding hydrogens is 222 g/mol. The maximum Gasteiger partial charge on any atom is 0.310 e. The van der Waals surface area contributed by atoms with Gasteiger partial charge in [-0.05, 0) is 12.3 Å². The second kappa shape index (κ2) is 6.33. The zero-order chi connectivity index (χ0) is 12.1. The molecule has 2 aliphatic heterocycles. The molecule has 98 valence electrons. The lowest BCUT2D eigenvalue weighted by Crippen LogP contribution is -2.43. The Bertz CT molecular complexity index is 247. The quantitative estimate of drug-likeness (QED) is 0.658. The third-order valence-corrected chi connectivity index (χ3v) is 3.60. The van der Waals surface area contributed by atoms with Crippen LogP contribution < -0.4 is 0 Å². The predicted molar refractivity (Wildman–Crippen MR) is 61.7 cm³/mol.